The van der Waals surface area contributed by atoms with Crippen LogP contribution in [0.5, 0.6) is 0 Å². The van der Waals surface area contributed by atoms with Crippen LogP contribution in [0.15, 0.2) is 34.1 Å². The Labute approximate surface area is 118 Å². The molecule has 19 heavy (non-hydrogen) atoms. The first-order valence-electron chi connectivity index (χ1n) is 4.95. The van der Waals surface area contributed by atoms with Gasteiger partial charge in [-0.25, -0.2) is 4.39 Å². The normalized spacial score (nSPS) is 11.6. The van der Waals surface area contributed by atoms with Gasteiger partial charge in [0.15, 0.2) is 0 Å². The second-order valence-corrected chi connectivity index (χ2v) is 5.27. The molecule has 1 nitrogen and oxygen atoms in total. The predicted molar refractivity (Wildman–Crippen MR) is 66.9 cm³/mol. The fourth-order valence-electron chi connectivity index (χ4n) is 1.46. The summed E-state index contributed by atoms with van der Waals surface area (Å²) in [6, 6.07) is 5.16. The summed E-state index contributed by atoms with van der Waals surface area (Å²) in [7, 11) is 0. The van der Waals surface area contributed by atoms with Crippen molar-refractivity contribution in [3.8, 4) is 0 Å². The lowest BCUT2D eigenvalue weighted by atomic mass is 10.1. The Morgan fingerprint density at radius 2 is 1.84 bits per heavy atom. The molecule has 1 heterocycles. The van der Waals surface area contributed by atoms with Gasteiger partial charge in [0.25, 0.3) is 0 Å². The Morgan fingerprint density at radius 1 is 1.21 bits per heavy atom. The number of rotatable bonds is 2. The van der Waals surface area contributed by atoms with E-state index in [1.165, 1.54) is 18.2 Å². The molecule has 0 saturated heterocycles. The molecule has 0 aliphatic heterocycles. The summed E-state index contributed by atoms with van der Waals surface area (Å²) in [6.45, 7) is 0. The van der Waals surface area contributed by atoms with Crippen molar-refractivity contribution in [3.05, 3.63) is 55.9 Å². The van der Waals surface area contributed by atoms with Crippen LogP contribution in [-0.2, 0) is 6.18 Å². The average molecular weight is 353 g/mol. The highest BCUT2D eigenvalue weighted by atomic mass is 79.9. The van der Waals surface area contributed by atoms with Crippen molar-refractivity contribution in [2.75, 3.05) is 0 Å². The molecule has 0 bridgehead atoms. The molecule has 0 aliphatic carbocycles. The Bertz CT molecular complexity index is 633. The van der Waals surface area contributed by atoms with Crippen molar-refractivity contribution in [2.45, 2.75) is 6.18 Å². The maximum atomic E-state index is 13.4. The minimum absolute atomic E-state index is 0.169. The molecule has 0 saturated carbocycles. The molecule has 0 unspecified atom stereocenters. The molecular formula is C12H5BrF4OS. The van der Waals surface area contributed by atoms with Crippen molar-refractivity contribution in [3.63, 3.8) is 0 Å². The van der Waals surface area contributed by atoms with Gasteiger partial charge in [-0.2, -0.15) is 13.2 Å². The molecule has 0 N–H and O–H groups in total. The topological polar surface area (TPSA) is 17.1 Å². The number of halogens is 5. The molecule has 2 rings (SSSR count). The van der Waals surface area contributed by atoms with Gasteiger partial charge < -0.3 is 0 Å². The van der Waals surface area contributed by atoms with Crippen molar-refractivity contribution in [1.29, 1.82) is 0 Å². The zero-order valence-electron chi connectivity index (χ0n) is 9.09. The van der Waals surface area contributed by atoms with Crippen molar-refractivity contribution in [1.82, 2.24) is 0 Å². The van der Waals surface area contributed by atoms with Crippen LogP contribution in [0.1, 0.15) is 20.8 Å². The fraction of sp³-hybridized carbons (Fsp3) is 0.0833. The molecular weight excluding hydrogens is 348 g/mol. The van der Waals surface area contributed by atoms with Crippen LogP contribution in [0, 0.1) is 5.82 Å². The van der Waals surface area contributed by atoms with Gasteiger partial charge in [0, 0.05) is 5.38 Å². The van der Waals surface area contributed by atoms with E-state index < -0.39 is 23.3 Å². The van der Waals surface area contributed by atoms with E-state index in [1.807, 2.05) is 0 Å². The van der Waals surface area contributed by atoms with Crippen LogP contribution in [0.3, 0.4) is 0 Å². The Kier molecular flexibility index (Phi) is 3.78. The molecule has 0 radical (unpaired) electrons. The van der Waals surface area contributed by atoms with Gasteiger partial charge in [0.1, 0.15) is 5.82 Å². The van der Waals surface area contributed by atoms with Crippen molar-refractivity contribution in [2.24, 2.45) is 0 Å². The van der Waals surface area contributed by atoms with Crippen LogP contribution in [0.2, 0.25) is 0 Å². The quantitative estimate of drug-likeness (QED) is 0.555. The SMILES string of the molecule is O=C(c1ccccc1F)c1scc(C(F)(F)F)c1Br. The summed E-state index contributed by atoms with van der Waals surface area (Å²) in [5.74, 6) is -1.54. The molecule has 100 valence electrons. The molecule has 7 heteroatoms. The van der Waals surface area contributed by atoms with Crippen LogP contribution in [0.4, 0.5) is 17.6 Å². The van der Waals surface area contributed by atoms with E-state index in [-0.39, 0.29) is 14.9 Å². The number of hydrogen-bond donors (Lipinski definition) is 0. The standard InChI is InChI=1S/C12H5BrF4OS/c13-9-7(12(15,16)17)5-19-11(9)10(18)6-3-1-2-4-8(6)14/h1-5H. The first-order valence-corrected chi connectivity index (χ1v) is 6.63. The zero-order valence-corrected chi connectivity index (χ0v) is 11.5. The number of alkyl halides is 3. The fourth-order valence-corrected chi connectivity index (χ4v) is 3.32. The second kappa shape index (κ2) is 5.05. The largest absolute Gasteiger partial charge is 0.418 e. The third kappa shape index (κ3) is 2.71. The van der Waals surface area contributed by atoms with Crippen LogP contribution in [-0.4, -0.2) is 5.78 Å². The van der Waals surface area contributed by atoms with E-state index >= 15 is 0 Å². The summed E-state index contributed by atoms with van der Waals surface area (Å²) in [4.78, 5) is 11.8. The summed E-state index contributed by atoms with van der Waals surface area (Å²) in [5, 5.41) is 0.832. The zero-order chi connectivity index (χ0) is 14.2. The summed E-state index contributed by atoms with van der Waals surface area (Å²) in [5.41, 5.74) is -1.18. The van der Waals surface area contributed by atoms with Crippen molar-refractivity contribution >= 4 is 33.0 Å². The molecule has 1 aromatic heterocycles. The summed E-state index contributed by atoms with van der Waals surface area (Å²) in [6.07, 6.45) is -4.55. The van der Waals surface area contributed by atoms with E-state index in [0.717, 1.165) is 11.4 Å². The minimum atomic E-state index is -4.55. The number of ketones is 1. The van der Waals surface area contributed by atoms with E-state index in [9.17, 15) is 22.4 Å². The predicted octanol–water partition coefficient (Wildman–Crippen LogP) is 4.90. The monoisotopic (exact) mass is 352 g/mol. The number of carbonyl (C=O) groups excluding carboxylic acids is 1. The average Bonchev–Trinajstić information content (AvgIpc) is 2.70. The van der Waals surface area contributed by atoms with Gasteiger partial charge in [-0.15, -0.1) is 11.3 Å². The lowest BCUT2D eigenvalue weighted by Gasteiger charge is -2.05. The van der Waals surface area contributed by atoms with Gasteiger partial charge in [-0.3, -0.25) is 4.79 Å². The number of hydrogen-bond acceptors (Lipinski definition) is 2. The van der Waals surface area contributed by atoms with Gasteiger partial charge in [-0.1, -0.05) is 12.1 Å². The van der Waals surface area contributed by atoms with Gasteiger partial charge >= 0.3 is 6.18 Å². The molecule has 2 aromatic rings. The van der Waals surface area contributed by atoms with Gasteiger partial charge in [-0.05, 0) is 28.1 Å². The van der Waals surface area contributed by atoms with E-state index in [4.69, 9.17) is 0 Å². The Morgan fingerprint density at radius 3 is 2.37 bits per heavy atom. The first-order chi connectivity index (χ1) is 8.82. The molecule has 0 atom stereocenters. The molecule has 0 fully saturated rings. The molecule has 1 aromatic carbocycles. The number of thiophene rings is 1. The minimum Gasteiger partial charge on any atom is -0.288 e. The lowest BCUT2D eigenvalue weighted by molar-refractivity contribution is -0.137. The van der Waals surface area contributed by atoms with Crippen LogP contribution >= 0.6 is 27.3 Å². The maximum absolute atomic E-state index is 13.4. The summed E-state index contributed by atoms with van der Waals surface area (Å²) >= 11 is 3.39. The van der Waals surface area contributed by atoms with Crippen LogP contribution < -0.4 is 0 Å². The lowest BCUT2D eigenvalue weighted by Crippen LogP contribution is -2.06. The highest BCUT2D eigenvalue weighted by Crippen LogP contribution is 2.40. The van der Waals surface area contributed by atoms with E-state index in [0.29, 0.717) is 11.3 Å². The maximum Gasteiger partial charge on any atom is 0.418 e. The van der Waals surface area contributed by atoms with Gasteiger partial charge in [0.05, 0.1) is 20.5 Å². The third-order valence-corrected chi connectivity index (χ3v) is 4.43. The van der Waals surface area contributed by atoms with Gasteiger partial charge in [0.2, 0.25) is 5.78 Å². The third-order valence-electron chi connectivity index (χ3n) is 2.36. The Hall–Kier alpha value is -1.21. The molecule has 0 spiro atoms. The highest BCUT2D eigenvalue weighted by molar-refractivity contribution is 9.10. The van der Waals surface area contributed by atoms with Crippen LogP contribution in [0.25, 0.3) is 0 Å². The molecule has 0 aliphatic rings. The van der Waals surface area contributed by atoms with E-state index in [1.54, 1.807) is 0 Å². The number of carbonyl (C=O) groups is 1. The smallest absolute Gasteiger partial charge is 0.288 e. The van der Waals surface area contributed by atoms with Crippen molar-refractivity contribution < 1.29 is 22.4 Å². The number of benzene rings is 1. The summed E-state index contributed by atoms with van der Waals surface area (Å²) < 4.78 is 50.9. The van der Waals surface area contributed by atoms with E-state index in [2.05, 4.69) is 15.9 Å². The molecule has 0 amide bonds. The highest BCUT2D eigenvalue weighted by Gasteiger charge is 2.36. The second-order valence-electron chi connectivity index (χ2n) is 3.60. The Balaban J connectivity index is 2.47. The first kappa shape index (κ1) is 14.2.